The van der Waals surface area contributed by atoms with E-state index in [0.29, 0.717) is 10.7 Å². The third-order valence-corrected chi connectivity index (χ3v) is 4.35. The monoisotopic (exact) mass is 352 g/mol. The molecule has 126 valence electrons. The molecule has 0 aliphatic heterocycles. The van der Waals surface area contributed by atoms with Crippen LogP contribution in [0.2, 0.25) is 0 Å². The highest BCUT2D eigenvalue weighted by atomic mass is 32.1. The van der Waals surface area contributed by atoms with Crippen LogP contribution < -0.4 is 5.32 Å². The van der Waals surface area contributed by atoms with Crippen molar-refractivity contribution < 1.29 is 14.3 Å². The van der Waals surface area contributed by atoms with Gasteiger partial charge in [-0.05, 0) is 37.3 Å². The zero-order valence-electron chi connectivity index (χ0n) is 13.6. The number of hydrogen-bond acceptors (Lipinski definition) is 5. The Labute approximate surface area is 149 Å². The van der Waals surface area contributed by atoms with Crippen LogP contribution >= 0.6 is 11.3 Å². The topological polar surface area (TPSA) is 68.3 Å². The van der Waals surface area contributed by atoms with Crippen LogP contribution in [0.5, 0.6) is 0 Å². The van der Waals surface area contributed by atoms with Gasteiger partial charge in [-0.25, -0.2) is 9.78 Å². The molecule has 0 radical (unpaired) electrons. The highest BCUT2D eigenvalue weighted by molar-refractivity contribution is 7.19. The predicted octanol–water partition coefficient (Wildman–Crippen LogP) is 3.80. The number of hydrogen-bond donors (Lipinski definition) is 1. The molecule has 1 N–H and O–H groups in total. The molecule has 1 heterocycles. The van der Waals surface area contributed by atoms with Crippen molar-refractivity contribution in [1.29, 1.82) is 0 Å². The second-order valence-corrected chi connectivity index (χ2v) is 6.44. The number of benzene rings is 2. The van der Waals surface area contributed by atoms with Crippen LogP contribution in [0.4, 0.5) is 5.69 Å². The Hall–Kier alpha value is -2.99. The number of rotatable bonds is 5. The maximum atomic E-state index is 11.8. The zero-order chi connectivity index (χ0) is 17.6. The summed E-state index contributed by atoms with van der Waals surface area (Å²) in [5, 5.41) is 3.38. The number of carbonyl (C=O) groups is 2. The third kappa shape index (κ3) is 4.74. The normalized spacial score (nSPS) is 10.9. The van der Waals surface area contributed by atoms with Gasteiger partial charge in [0.1, 0.15) is 5.01 Å². The number of nitrogens with zero attached hydrogens (tertiary/aromatic N) is 1. The number of thiazole rings is 1. The minimum absolute atomic E-state index is 0.336. The second kappa shape index (κ2) is 7.72. The Balaban J connectivity index is 1.50. The van der Waals surface area contributed by atoms with Crippen molar-refractivity contribution in [3.8, 4) is 0 Å². The van der Waals surface area contributed by atoms with Gasteiger partial charge in [0, 0.05) is 11.8 Å². The molecule has 0 bridgehead atoms. The molecule has 1 amide bonds. The summed E-state index contributed by atoms with van der Waals surface area (Å²) in [6.45, 7) is 1.63. The van der Waals surface area contributed by atoms with Crippen LogP contribution in [0, 0.1) is 6.92 Å². The van der Waals surface area contributed by atoms with Gasteiger partial charge in [-0.2, -0.15) is 0 Å². The van der Waals surface area contributed by atoms with Crippen molar-refractivity contribution in [1.82, 2.24) is 4.98 Å². The lowest BCUT2D eigenvalue weighted by Crippen LogP contribution is -2.20. The van der Waals surface area contributed by atoms with E-state index in [9.17, 15) is 9.59 Å². The van der Waals surface area contributed by atoms with Gasteiger partial charge in [0.05, 0.1) is 10.2 Å². The van der Waals surface area contributed by atoms with E-state index in [4.69, 9.17) is 4.74 Å². The van der Waals surface area contributed by atoms with Gasteiger partial charge in [-0.3, -0.25) is 4.79 Å². The van der Waals surface area contributed by atoms with Crippen molar-refractivity contribution >= 4 is 45.2 Å². The fraction of sp³-hybridized carbons (Fsp3) is 0.105. The quantitative estimate of drug-likeness (QED) is 0.560. The fourth-order valence-corrected chi connectivity index (χ4v) is 2.99. The molecular formula is C19H16N2O3S. The summed E-state index contributed by atoms with van der Waals surface area (Å²) >= 11 is 1.48. The molecule has 0 aliphatic carbocycles. The van der Waals surface area contributed by atoms with Crippen LogP contribution in [-0.2, 0) is 14.3 Å². The Morgan fingerprint density at radius 2 is 1.92 bits per heavy atom. The molecule has 25 heavy (non-hydrogen) atoms. The predicted molar refractivity (Wildman–Crippen MR) is 99.4 cm³/mol. The van der Waals surface area contributed by atoms with Crippen molar-refractivity contribution in [2.45, 2.75) is 6.92 Å². The summed E-state index contributed by atoms with van der Waals surface area (Å²) in [4.78, 5) is 27.9. The summed E-state index contributed by atoms with van der Waals surface area (Å²) in [5.74, 6) is -0.969. The Morgan fingerprint density at radius 3 is 2.68 bits per heavy atom. The van der Waals surface area contributed by atoms with Gasteiger partial charge in [0.2, 0.25) is 0 Å². The molecule has 1 aromatic heterocycles. The smallest absolute Gasteiger partial charge is 0.331 e. The number of amides is 1. The van der Waals surface area contributed by atoms with Crippen LogP contribution in [0.25, 0.3) is 16.3 Å². The van der Waals surface area contributed by atoms with E-state index in [1.807, 2.05) is 43.3 Å². The maximum Gasteiger partial charge on any atom is 0.331 e. The largest absolute Gasteiger partial charge is 0.452 e. The van der Waals surface area contributed by atoms with E-state index in [-0.39, 0.29) is 12.5 Å². The fourth-order valence-electron chi connectivity index (χ4n) is 2.12. The van der Waals surface area contributed by atoms with Crippen molar-refractivity contribution in [3.05, 3.63) is 65.2 Å². The van der Waals surface area contributed by atoms with Crippen LogP contribution in [-0.4, -0.2) is 23.5 Å². The average Bonchev–Trinajstić information content (AvgIpc) is 3.03. The van der Waals surface area contributed by atoms with Gasteiger partial charge < -0.3 is 10.1 Å². The number of esters is 1. The molecule has 0 saturated carbocycles. The molecule has 3 aromatic rings. The average molecular weight is 352 g/mol. The molecule has 5 nitrogen and oxygen atoms in total. The number of carbonyl (C=O) groups excluding carboxylic acids is 2. The second-order valence-electron chi connectivity index (χ2n) is 5.38. The highest BCUT2D eigenvalue weighted by Gasteiger charge is 2.06. The minimum atomic E-state index is -0.585. The zero-order valence-corrected chi connectivity index (χ0v) is 14.4. The van der Waals surface area contributed by atoms with Crippen LogP contribution in [0.1, 0.15) is 10.6 Å². The third-order valence-electron chi connectivity index (χ3n) is 3.35. The molecule has 0 atom stereocenters. The maximum absolute atomic E-state index is 11.8. The van der Waals surface area contributed by atoms with E-state index in [2.05, 4.69) is 10.3 Å². The lowest BCUT2D eigenvalue weighted by atomic mass is 10.2. The number of para-hydroxylation sites is 1. The summed E-state index contributed by atoms with van der Waals surface area (Å²) < 4.78 is 5.98. The SMILES string of the molecule is Cc1ccc(NC(=O)COC(=O)C=Cc2nc3ccccc3s2)cc1. The van der Waals surface area contributed by atoms with E-state index in [1.54, 1.807) is 18.2 Å². The summed E-state index contributed by atoms with van der Waals surface area (Å²) in [6.07, 6.45) is 2.86. The van der Waals surface area contributed by atoms with Gasteiger partial charge in [0.15, 0.2) is 6.61 Å². The standard InChI is InChI=1S/C19H16N2O3S/c1-13-6-8-14(9-7-13)20-17(22)12-24-19(23)11-10-18-21-15-4-2-3-5-16(15)25-18/h2-11H,12H2,1H3,(H,20,22). The Morgan fingerprint density at radius 1 is 1.16 bits per heavy atom. The molecule has 0 fully saturated rings. The molecule has 0 unspecified atom stereocenters. The molecule has 0 spiro atoms. The van der Waals surface area contributed by atoms with Gasteiger partial charge >= 0.3 is 5.97 Å². The van der Waals surface area contributed by atoms with E-state index in [1.165, 1.54) is 17.4 Å². The number of ether oxygens (including phenoxy) is 1. The van der Waals surface area contributed by atoms with Gasteiger partial charge in [-0.15, -0.1) is 11.3 Å². The Bertz CT molecular complexity index is 896. The highest BCUT2D eigenvalue weighted by Crippen LogP contribution is 2.22. The van der Waals surface area contributed by atoms with E-state index >= 15 is 0 Å². The minimum Gasteiger partial charge on any atom is -0.452 e. The Kier molecular flexibility index (Phi) is 5.20. The van der Waals surface area contributed by atoms with Gasteiger partial charge in [0.25, 0.3) is 5.91 Å². The van der Waals surface area contributed by atoms with Crippen molar-refractivity contribution in [3.63, 3.8) is 0 Å². The first-order valence-corrected chi connectivity index (χ1v) is 8.49. The van der Waals surface area contributed by atoms with E-state index in [0.717, 1.165) is 15.8 Å². The number of anilines is 1. The number of aromatic nitrogens is 1. The van der Waals surface area contributed by atoms with Crippen molar-refractivity contribution in [2.24, 2.45) is 0 Å². The molecular weight excluding hydrogens is 336 g/mol. The molecule has 0 aliphatic rings. The van der Waals surface area contributed by atoms with Crippen LogP contribution in [0.15, 0.2) is 54.6 Å². The number of aryl methyl sites for hydroxylation is 1. The van der Waals surface area contributed by atoms with Gasteiger partial charge in [-0.1, -0.05) is 29.8 Å². The van der Waals surface area contributed by atoms with Crippen molar-refractivity contribution in [2.75, 3.05) is 11.9 Å². The molecule has 2 aromatic carbocycles. The lowest BCUT2D eigenvalue weighted by Gasteiger charge is -2.05. The van der Waals surface area contributed by atoms with E-state index < -0.39 is 5.97 Å². The summed E-state index contributed by atoms with van der Waals surface area (Å²) in [7, 11) is 0. The number of fused-ring (bicyclic) bond motifs is 1. The lowest BCUT2D eigenvalue weighted by molar-refractivity contribution is -0.142. The first kappa shape index (κ1) is 16.9. The van der Waals surface area contributed by atoms with Crippen LogP contribution in [0.3, 0.4) is 0 Å². The first-order chi connectivity index (χ1) is 12.1. The number of nitrogens with one attached hydrogen (secondary N) is 1. The summed E-state index contributed by atoms with van der Waals surface area (Å²) in [6, 6.07) is 15.1. The molecule has 6 heteroatoms. The summed E-state index contributed by atoms with van der Waals surface area (Å²) in [5.41, 5.74) is 2.65. The first-order valence-electron chi connectivity index (χ1n) is 7.67. The molecule has 0 saturated heterocycles. The molecule has 3 rings (SSSR count).